The van der Waals surface area contributed by atoms with Crippen molar-refractivity contribution in [2.24, 2.45) is 5.73 Å². The van der Waals surface area contributed by atoms with Gasteiger partial charge in [-0.1, -0.05) is 12.1 Å². The Hall–Kier alpha value is -4.19. The van der Waals surface area contributed by atoms with Gasteiger partial charge in [-0.25, -0.2) is 9.78 Å². The number of nitrogens with one attached hydrogen (secondary N) is 2. The van der Waals surface area contributed by atoms with Crippen molar-refractivity contribution in [3.8, 4) is 11.5 Å². The molecule has 0 bridgehead atoms. The number of pyridine rings is 1. The standard InChI is InChI=1S/C21H15F3N4O4S/c22-21(23,24)13-4-1-3-12(9-13)18(29)27-14-5-2-6-15(10-14)31-16-7-8-17(26-11-16)28-20(33)32-19(25)30/h1-11H,(H2,25,30)(H,27,29)(H,26,28,33). The molecule has 4 N–H and O–H groups in total. The van der Waals surface area contributed by atoms with E-state index < -0.39 is 23.7 Å². The molecule has 0 aliphatic heterocycles. The first-order chi connectivity index (χ1) is 15.6. The summed E-state index contributed by atoms with van der Waals surface area (Å²) in [7, 11) is 0. The monoisotopic (exact) mass is 476 g/mol. The molecule has 0 aliphatic rings. The predicted molar refractivity (Wildman–Crippen MR) is 117 cm³/mol. The highest BCUT2D eigenvalue weighted by atomic mass is 32.1. The molecule has 170 valence electrons. The molecular formula is C21H15F3N4O4S. The fourth-order valence-corrected chi connectivity index (χ4v) is 2.74. The minimum absolute atomic E-state index is 0.137. The summed E-state index contributed by atoms with van der Waals surface area (Å²) in [4.78, 5) is 27.1. The molecule has 1 heterocycles. The summed E-state index contributed by atoms with van der Waals surface area (Å²) in [6, 6.07) is 13.4. The first-order valence-electron chi connectivity index (χ1n) is 9.11. The van der Waals surface area contributed by atoms with E-state index in [1.165, 1.54) is 24.4 Å². The fourth-order valence-electron chi connectivity index (χ4n) is 2.55. The van der Waals surface area contributed by atoms with Gasteiger partial charge < -0.3 is 25.8 Å². The van der Waals surface area contributed by atoms with Crippen LogP contribution in [-0.2, 0) is 10.9 Å². The third kappa shape index (κ3) is 6.90. The minimum atomic E-state index is -4.55. The lowest BCUT2D eigenvalue weighted by atomic mass is 10.1. The van der Waals surface area contributed by atoms with Gasteiger partial charge in [0.25, 0.3) is 11.1 Å². The van der Waals surface area contributed by atoms with Crippen molar-refractivity contribution in [3.05, 3.63) is 78.0 Å². The van der Waals surface area contributed by atoms with Crippen LogP contribution in [0, 0.1) is 0 Å². The van der Waals surface area contributed by atoms with Gasteiger partial charge in [0.1, 0.15) is 17.3 Å². The molecule has 8 nitrogen and oxygen atoms in total. The first kappa shape index (κ1) is 23.5. The van der Waals surface area contributed by atoms with Crippen LogP contribution in [0.25, 0.3) is 0 Å². The zero-order valence-electron chi connectivity index (χ0n) is 16.6. The Balaban J connectivity index is 1.65. The van der Waals surface area contributed by atoms with Gasteiger partial charge >= 0.3 is 12.3 Å². The van der Waals surface area contributed by atoms with E-state index in [2.05, 4.69) is 20.4 Å². The topological polar surface area (TPSA) is 116 Å². The third-order valence-corrected chi connectivity index (χ3v) is 4.12. The molecule has 33 heavy (non-hydrogen) atoms. The molecule has 0 fully saturated rings. The average molecular weight is 476 g/mol. The van der Waals surface area contributed by atoms with Crippen LogP contribution in [0.5, 0.6) is 11.5 Å². The van der Waals surface area contributed by atoms with E-state index in [0.717, 1.165) is 18.2 Å². The van der Waals surface area contributed by atoms with Gasteiger partial charge in [-0.3, -0.25) is 4.79 Å². The number of nitrogens with two attached hydrogens (primary N) is 1. The highest BCUT2D eigenvalue weighted by molar-refractivity contribution is 7.80. The molecule has 12 heteroatoms. The van der Waals surface area contributed by atoms with Crippen LogP contribution in [0.1, 0.15) is 15.9 Å². The molecule has 2 amide bonds. The summed E-state index contributed by atoms with van der Waals surface area (Å²) in [5, 5.41) is 4.81. The van der Waals surface area contributed by atoms with Crippen molar-refractivity contribution in [2.75, 3.05) is 10.6 Å². The van der Waals surface area contributed by atoms with E-state index in [0.29, 0.717) is 17.2 Å². The summed E-state index contributed by atoms with van der Waals surface area (Å²) in [5.74, 6) is 0.246. The van der Waals surface area contributed by atoms with Crippen molar-refractivity contribution >= 4 is 40.9 Å². The molecule has 0 unspecified atom stereocenters. The predicted octanol–water partition coefficient (Wildman–Crippen LogP) is 4.94. The highest BCUT2D eigenvalue weighted by Crippen LogP contribution is 2.30. The van der Waals surface area contributed by atoms with Crippen molar-refractivity contribution in [1.82, 2.24) is 4.98 Å². The van der Waals surface area contributed by atoms with Crippen molar-refractivity contribution < 1.29 is 32.2 Å². The second kappa shape index (κ2) is 9.96. The number of nitrogens with zero attached hydrogens (tertiary/aromatic N) is 1. The Labute approximate surface area is 190 Å². The largest absolute Gasteiger partial charge is 0.456 e. The normalized spacial score (nSPS) is 10.8. The van der Waals surface area contributed by atoms with Crippen molar-refractivity contribution in [3.63, 3.8) is 0 Å². The number of hydrogen-bond acceptors (Lipinski definition) is 6. The number of amides is 2. The van der Waals surface area contributed by atoms with E-state index in [-0.39, 0.29) is 16.6 Å². The molecule has 2 aromatic carbocycles. The van der Waals surface area contributed by atoms with E-state index in [1.807, 2.05) is 0 Å². The maximum absolute atomic E-state index is 12.9. The molecule has 0 atom stereocenters. The lowest BCUT2D eigenvalue weighted by molar-refractivity contribution is -0.137. The van der Waals surface area contributed by atoms with E-state index >= 15 is 0 Å². The van der Waals surface area contributed by atoms with Crippen LogP contribution in [0.4, 0.5) is 29.5 Å². The average Bonchev–Trinajstić information content (AvgIpc) is 2.74. The quantitative estimate of drug-likeness (QED) is 0.447. The summed E-state index contributed by atoms with van der Waals surface area (Å²) in [6.45, 7) is 0. The molecule has 0 saturated heterocycles. The van der Waals surface area contributed by atoms with E-state index in [9.17, 15) is 22.8 Å². The molecule has 0 saturated carbocycles. The van der Waals surface area contributed by atoms with Crippen molar-refractivity contribution in [1.29, 1.82) is 0 Å². The van der Waals surface area contributed by atoms with Gasteiger partial charge in [0.2, 0.25) is 0 Å². The molecule has 1 aromatic heterocycles. The second-order valence-corrected chi connectivity index (χ2v) is 6.75. The van der Waals surface area contributed by atoms with Gasteiger partial charge in [0.05, 0.1) is 11.8 Å². The number of rotatable bonds is 5. The van der Waals surface area contributed by atoms with Crippen molar-refractivity contribution in [2.45, 2.75) is 6.18 Å². The zero-order chi connectivity index (χ0) is 24.0. The summed E-state index contributed by atoms with van der Waals surface area (Å²) in [6.07, 6.45) is -4.25. The maximum Gasteiger partial charge on any atom is 0.416 e. The van der Waals surface area contributed by atoms with Gasteiger partial charge in [0.15, 0.2) is 0 Å². The number of benzene rings is 2. The second-order valence-electron chi connectivity index (χ2n) is 6.38. The molecule has 3 rings (SSSR count). The number of ether oxygens (including phenoxy) is 2. The lowest BCUT2D eigenvalue weighted by Gasteiger charge is -2.11. The van der Waals surface area contributed by atoms with Crippen LogP contribution in [0.2, 0.25) is 0 Å². The van der Waals surface area contributed by atoms with Crippen LogP contribution in [-0.4, -0.2) is 22.2 Å². The summed E-state index contributed by atoms with van der Waals surface area (Å²) in [5.41, 5.74) is 4.12. The van der Waals surface area contributed by atoms with Gasteiger partial charge in [-0.05, 0) is 54.7 Å². The number of primary amides is 1. The van der Waals surface area contributed by atoms with Crippen LogP contribution in [0.15, 0.2) is 66.9 Å². The summed E-state index contributed by atoms with van der Waals surface area (Å²) >= 11 is 4.76. The van der Waals surface area contributed by atoms with Gasteiger partial charge in [0, 0.05) is 17.3 Å². The molecule has 0 aliphatic carbocycles. The van der Waals surface area contributed by atoms with Crippen LogP contribution < -0.4 is 21.1 Å². The lowest BCUT2D eigenvalue weighted by Crippen LogP contribution is -2.22. The Morgan fingerprint density at radius 1 is 0.970 bits per heavy atom. The van der Waals surface area contributed by atoms with Gasteiger partial charge in [-0.2, -0.15) is 13.2 Å². The Bertz CT molecular complexity index is 1190. The van der Waals surface area contributed by atoms with Crippen LogP contribution in [0.3, 0.4) is 0 Å². The number of hydrogen-bond donors (Lipinski definition) is 3. The SMILES string of the molecule is NC(=O)OC(=S)Nc1ccc(Oc2cccc(NC(=O)c3cccc(C(F)(F)F)c3)c2)cn1. The van der Waals surface area contributed by atoms with E-state index in [4.69, 9.17) is 22.7 Å². The zero-order valence-corrected chi connectivity index (χ0v) is 17.4. The third-order valence-electron chi connectivity index (χ3n) is 3.94. The number of halogens is 3. The molecule has 3 aromatic rings. The molecule has 0 spiro atoms. The summed E-state index contributed by atoms with van der Waals surface area (Å²) < 4.78 is 48.7. The van der Waals surface area contributed by atoms with Crippen LogP contribution >= 0.6 is 12.2 Å². The smallest absolute Gasteiger partial charge is 0.416 e. The number of alkyl halides is 3. The first-order valence-corrected chi connectivity index (χ1v) is 9.52. The van der Waals surface area contributed by atoms with E-state index in [1.54, 1.807) is 24.3 Å². The molecular weight excluding hydrogens is 461 g/mol. The number of carbonyl (C=O) groups excluding carboxylic acids is 2. The minimum Gasteiger partial charge on any atom is -0.456 e. The molecule has 0 radical (unpaired) electrons. The Morgan fingerprint density at radius 2 is 1.73 bits per heavy atom. The maximum atomic E-state index is 12.9. The number of anilines is 2. The van der Waals surface area contributed by atoms with Gasteiger partial charge in [-0.15, -0.1) is 0 Å². The Kier molecular flexibility index (Phi) is 7.08. The Morgan fingerprint density at radius 3 is 2.39 bits per heavy atom. The number of carbonyl (C=O) groups is 2. The number of aromatic nitrogens is 1. The fraction of sp³-hybridized carbons (Fsp3) is 0.0476. The number of thiocarbonyl (C=S) groups is 1. The highest BCUT2D eigenvalue weighted by Gasteiger charge is 2.30.